The highest BCUT2D eigenvalue weighted by Crippen LogP contribution is 2.44. The number of piperidine rings is 2. The van der Waals surface area contributed by atoms with Crippen LogP contribution in [0.4, 0.5) is 0 Å². The van der Waals surface area contributed by atoms with Gasteiger partial charge in [0, 0.05) is 62.9 Å². The average Bonchev–Trinajstić information content (AvgIpc) is 3.05. The highest BCUT2D eigenvalue weighted by molar-refractivity contribution is 5.83. The van der Waals surface area contributed by atoms with E-state index in [1.807, 2.05) is 0 Å². The van der Waals surface area contributed by atoms with Crippen LogP contribution in [-0.2, 0) is 22.4 Å². The minimum Gasteiger partial charge on any atom is -0.493 e. The summed E-state index contributed by atoms with van der Waals surface area (Å²) in [5.41, 5.74) is 4.98. The summed E-state index contributed by atoms with van der Waals surface area (Å²) >= 11 is 0. The van der Waals surface area contributed by atoms with Crippen molar-refractivity contribution in [3.05, 3.63) is 46.5 Å². The molecule has 4 atom stereocenters. The van der Waals surface area contributed by atoms with Crippen molar-refractivity contribution < 1.29 is 28.5 Å². The predicted molar refractivity (Wildman–Crippen MR) is 169 cm³/mol. The standard InChI is InChI=1S/C36H48N2O6/c1-41-33-15-23-11-13-37-21-25(31(39)19-29(37)27(23)17-35(33)43-3)9-7-5-6-8-10-26-22-38-14-12-24-16-34(42-2)36(44-4)18-28(24)30(38)20-32(26)40/h15-18,25-26,29-30H,5-14,19-22H2,1-4H3/t25-,26+,29-,30-/m0/s1. The largest absolute Gasteiger partial charge is 0.493 e. The summed E-state index contributed by atoms with van der Waals surface area (Å²) in [5, 5.41) is 0. The molecule has 0 bridgehead atoms. The van der Waals surface area contributed by atoms with Gasteiger partial charge in [0.15, 0.2) is 23.0 Å². The molecule has 2 fully saturated rings. The maximum absolute atomic E-state index is 13.2. The van der Waals surface area contributed by atoms with Crippen LogP contribution in [0.25, 0.3) is 0 Å². The van der Waals surface area contributed by atoms with Gasteiger partial charge < -0.3 is 18.9 Å². The lowest BCUT2D eigenvalue weighted by atomic mass is 9.80. The fourth-order valence-corrected chi connectivity index (χ4v) is 8.20. The first-order valence-electron chi connectivity index (χ1n) is 16.5. The first-order chi connectivity index (χ1) is 21.4. The third-order valence-electron chi connectivity index (χ3n) is 10.7. The van der Waals surface area contributed by atoms with Crippen LogP contribution in [0.1, 0.15) is 85.7 Å². The van der Waals surface area contributed by atoms with Crippen molar-refractivity contribution in [1.29, 1.82) is 0 Å². The third-order valence-corrected chi connectivity index (χ3v) is 10.7. The van der Waals surface area contributed by atoms with Gasteiger partial charge in [-0.1, -0.05) is 25.7 Å². The Kier molecular flexibility index (Phi) is 9.48. The van der Waals surface area contributed by atoms with E-state index in [0.717, 1.165) is 101 Å². The van der Waals surface area contributed by atoms with Crippen molar-refractivity contribution in [1.82, 2.24) is 9.80 Å². The average molecular weight is 605 g/mol. The van der Waals surface area contributed by atoms with Crippen LogP contribution in [0.3, 0.4) is 0 Å². The molecular weight excluding hydrogens is 556 g/mol. The van der Waals surface area contributed by atoms with E-state index in [9.17, 15) is 9.59 Å². The summed E-state index contributed by atoms with van der Waals surface area (Å²) in [4.78, 5) is 31.5. The fourth-order valence-electron chi connectivity index (χ4n) is 8.20. The van der Waals surface area contributed by atoms with Crippen LogP contribution in [0.5, 0.6) is 23.0 Å². The SMILES string of the molecule is COc1cc2c(cc1OC)[C@@H]1CC(=O)[C@H](CCCCCC[C@H]3CN4CCc5cc(OC)c(OC)cc5[C@@H]4CC3=O)CN1CC2. The first kappa shape index (κ1) is 30.9. The molecule has 44 heavy (non-hydrogen) atoms. The number of rotatable bonds is 11. The molecule has 0 aliphatic carbocycles. The molecule has 4 heterocycles. The van der Waals surface area contributed by atoms with E-state index in [1.54, 1.807) is 28.4 Å². The smallest absolute Gasteiger partial charge is 0.161 e. The van der Waals surface area contributed by atoms with Crippen LogP contribution in [-0.4, -0.2) is 76.0 Å². The van der Waals surface area contributed by atoms with Crippen LogP contribution >= 0.6 is 0 Å². The number of nitrogens with zero attached hydrogens (tertiary/aromatic N) is 2. The molecule has 0 N–H and O–H groups in total. The van der Waals surface area contributed by atoms with Crippen molar-refractivity contribution >= 4 is 11.6 Å². The Morgan fingerprint density at radius 1 is 0.591 bits per heavy atom. The van der Waals surface area contributed by atoms with E-state index < -0.39 is 0 Å². The molecule has 238 valence electrons. The molecular formula is C36H48N2O6. The molecule has 0 spiro atoms. The van der Waals surface area contributed by atoms with Crippen molar-refractivity contribution in [3.8, 4) is 23.0 Å². The lowest BCUT2D eigenvalue weighted by Crippen LogP contribution is -2.46. The van der Waals surface area contributed by atoms with E-state index in [2.05, 4.69) is 34.1 Å². The van der Waals surface area contributed by atoms with Gasteiger partial charge in [-0.3, -0.25) is 19.4 Å². The molecule has 4 aliphatic heterocycles. The second-order valence-electron chi connectivity index (χ2n) is 13.1. The van der Waals surface area contributed by atoms with Crippen molar-refractivity contribution in [3.63, 3.8) is 0 Å². The molecule has 8 nitrogen and oxygen atoms in total. The summed E-state index contributed by atoms with van der Waals surface area (Å²) in [5.74, 6) is 4.05. The molecule has 0 unspecified atom stereocenters. The van der Waals surface area contributed by atoms with E-state index in [0.29, 0.717) is 24.4 Å². The number of carbonyl (C=O) groups excluding carboxylic acids is 2. The molecule has 0 radical (unpaired) electrons. The number of benzene rings is 2. The highest BCUT2D eigenvalue weighted by atomic mass is 16.5. The van der Waals surface area contributed by atoms with E-state index in [-0.39, 0.29) is 23.9 Å². The number of unbranched alkanes of at least 4 members (excludes halogenated alkanes) is 3. The number of methoxy groups -OCH3 is 4. The van der Waals surface area contributed by atoms with E-state index in [4.69, 9.17) is 18.9 Å². The van der Waals surface area contributed by atoms with E-state index in [1.165, 1.54) is 22.3 Å². The van der Waals surface area contributed by atoms with Crippen molar-refractivity contribution in [2.75, 3.05) is 54.6 Å². The molecule has 0 amide bonds. The predicted octanol–water partition coefficient (Wildman–Crippen LogP) is 5.74. The first-order valence-corrected chi connectivity index (χ1v) is 16.5. The van der Waals surface area contributed by atoms with Crippen LogP contribution in [0, 0.1) is 11.8 Å². The Bertz CT molecular complexity index is 1270. The summed E-state index contributed by atoms with van der Waals surface area (Å²) in [6, 6.07) is 8.62. The van der Waals surface area contributed by atoms with Gasteiger partial charge in [-0.2, -0.15) is 0 Å². The minimum atomic E-state index is 0.130. The van der Waals surface area contributed by atoms with Gasteiger partial charge in [0.25, 0.3) is 0 Å². The Labute approximate surface area is 262 Å². The van der Waals surface area contributed by atoms with Gasteiger partial charge in [0.2, 0.25) is 0 Å². The highest BCUT2D eigenvalue weighted by Gasteiger charge is 2.39. The van der Waals surface area contributed by atoms with Crippen LogP contribution < -0.4 is 18.9 Å². The number of carbonyl (C=O) groups is 2. The molecule has 8 heteroatoms. The van der Waals surface area contributed by atoms with Crippen molar-refractivity contribution in [2.45, 2.75) is 76.3 Å². The number of hydrogen-bond donors (Lipinski definition) is 0. The number of ether oxygens (including phenoxy) is 4. The normalized spacial score (nSPS) is 25.0. The molecule has 0 aromatic heterocycles. The molecule has 4 aliphatic rings. The number of fused-ring (bicyclic) bond motifs is 6. The van der Waals surface area contributed by atoms with Gasteiger partial charge in [-0.05, 0) is 72.2 Å². The number of Topliss-reactive ketones (excluding diaryl/α,β-unsaturated/α-hetero) is 2. The maximum Gasteiger partial charge on any atom is 0.161 e. The monoisotopic (exact) mass is 604 g/mol. The minimum absolute atomic E-state index is 0.130. The molecule has 2 saturated heterocycles. The van der Waals surface area contributed by atoms with Crippen LogP contribution in [0.2, 0.25) is 0 Å². The quantitative estimate of drug-likeness (QED) is 0.301. The molecule has 2 aromatic rings. The fraction of sp³-hybridized carbons (Fsp3) is 0.611. The number of hydrogen-bond acceptors (Lipinski definition) is 8. The topological polar surface area (TPSA) is 77.5 Å². The third kappa shape index (κ3) is 6.08. The van der Waals surface area contributed by atoms with E-state index >= 15 is 0 Å². The second kappa shape index (κ2) is 13.5. The summed E-state index contributed by atoms with van der Waals surface area (Å²) in [6.45, 7) is 3.67. The lowest BCUT2D eigenvalue weighted by molar-refractivity contribution is -0.130. The van der Waals surface area contributed by atoms with Gasteiger partial charge in [-0.25, -0.2) is 0 Å². The van der Waals surface area contributed by atoms with Gasteiger partial charge in [0.1, 0.15) is 11.6 Å². The van der Waals surface area contributed by atoms with Gasteiger partial charge >= 0.3 is 0 Å². The Hall–Kier alpha value is -3.10. The zero-order valence-corrected chi connectivity index (χ0v) is 26.9. The summed E-state index contributed by atoms with van der Waals surface area (Å²) in [7, 11) is 6.67. The molecule has 2 aromatic carbocycles. The summed E-state index contributed by atoms with van der Waals surface area (Å²) < 4.78 is 22.1. The van der Waals surface area contributed by atoms with Gasteiger partial charge in [-0.15, -0.1) is 0 Å². The molecule has 0 saturated carbocycles. The lowest BCUT2D eigenvalue weighted by Gasteiger charge is -2.43. The zero-order chi connectivity index (χ0) is 30.8. The van der Waals surface area contributed by atoms with Crippen LogP contribution in [0.15, 0.2) is 24.3 Å². The second-order valence-corrected chi connectivity index (χ2v) is 13.1. The van der Waals surface area contributed by atoms with Crippen molar-refractivity contribution in [2.24, 2.45) is 11.8 Å². The van der Waals surface area contributed by atoms with Gasteiger partial charge in [0.05, 0.1) is 28.4 Å². The zero-order valence-electron chi connectivity index (χ0n) is 26.9. The Morgan fingerprint density at radius 2 is 0.977 bits per heavy atom. The Balaban J connectivity index is 0.946. The maximum atomic E-state index is 13.2. The summed E-state index contributed by atoms with van der Waals surface area (Å²) in [6.07, 6.45) is 9.43. The molecule has 6 rings (SSSR count). The Morgan fingerprint density at radius 3 is 1.36 bits per heavy atom. The number of ketones is 2.